The lowest BCUT2D eigenvalue weighted by molar-refractivity contribution is 0.0599. The number of anilines is 1. The van der Waals surface area contributed by atoms with Gasteiger partial charge in [-0.05, 0) is 36.8 Å². The molecule has 1 amide bonds. The van der Waals surface area contributed by atoms with E-state index in [1.165, 1.54) is 21.3 Å². The number of carbonyl (C=O) groups is 2. The van der Waals surface area contributed by atoms with E-state index in [4.69, 9.17) is 14.2 Å². The summed E-state index contributed by atoms with van der Waals surface area (Å²) in [5.74, 6) is 0.239. The highest BCUT2D eigenvalue weighted by molar-refractivity contribution is 6.06. The van der Waals surface area contributed by atoms with Gasteiger partial charge >= 0.3 is 5.97 Å². The van der Waals surface area contributed by atoms with Crippen LogP contribution < -0.4 is 14.8 Å². The molecule has 6 heteroatoms. The van der Waals surface area contributed by atoms with E-state index >= 15 is 0 Å². The molecular formula is C18H19NO5. The van der Waals surface area contributed by atoms with Gasteiger partial charge in [0.2, 0.25) is 0 Å². The first-order valence-electron chi connectivity index (χ1n) is 7.22. The van der Waals surface area contributed by atoms with E-state index in [1.807, 2.05) is 0 Å². The van der Waals surface area contributed by atoms with Gasteiger partial charge in [-0.25, -0.2) is 4.79 Å². The molecule has 0 heterocycles. The summed E-state index contributed by atoms with van der Waals surface area (Å²) >= 11 is 0. The van der Waals surface area contributed by atoms with Crippen LogP contribution in [0.4, 0.5) is 5.69 Å². The van der Waals surface area contributed by atoms with E-state index in [0.717, 1.165) is 0 Å². The van der Waals surface area contributed by atoms with Crippen LogP contribution in [0.25, 0.3) is 0 Å². The SMILES string of the molecule is COC(=O)c1cccc(NC(=O)c2cc(OC)cc(OC)c2)c1C. The molecule has 0 aliphatic carbocycles. The van der Waals surface area contributed by atoms with Crippen LogP contribution in [0.1, 0.15) is 26.3 Å². The molecule has 0 spiro atoms. The zero-order valence-electron chi connectivity index (χ0n) is 14.0. The minimum absolute atomic E-state index is 0.336. The predicted molar refractivity (Wildman–Crippen MR) is 90.0 cm³/mol. The first-order chi connectivity index (χ1) is 11.5. The molecule has 2 aromatic rings. The Morgan fingerprint density at radius 3 is 2.12 bits per heavy atom. The van der Waals surface area contributed by atoms with Crippen molar-refractivity contribution in [3.63, 3.8) is 0 Å². The fourth-order valence-electron chi connectivity index (χ4n) is 2.24. The van der Waals surface area contributed by atoms with E-state index in [2.05, 4.69) is 5.32 Å². The molecule has 126 valence electrons. The summed E-state index contributed by atoms with van der Waals surface area (Å²) in [7, 11) is 4.34. The molecule has 0 atom stereocenters. The second-order valence-corrected chi connectivity index (χ2v) is 5.03. The predicted octanol–water partition coefficient (Wildman–Crippen LogP) is 3.05. The van der Waals surface area contributed by atoms with Crippen LogP contribution in [-0.2, 0) is 4.74 Å². The van der Waals surface area contributed by atoms with Gasteiger partial charge in [0.25, 0.3) is 5.91 Å². The zero-order chi connectivity index (χ0) is 17.7. The Kier molecular flexibility index (Phi) is 5.42. The van der Waals surface area contributed by atoms with Gasteiger partial charge in [-0.2, -0.15) is 0 Å². The van der Waals surface area contributed by atoms with Crippen LogP contribution in [0.5, 0.6) is 11.5 Å². The van der Waals surface area contributed by atoms with E-state index < -0.39 is 5.97 Å². The highest BCUT2D eigenvalue weighted by atomic mass is 16.5. The molecule has 6 nitrogen and oxygen atoms in total. The molecule has 1 N–H and O–H groups in total. The summed E-state index contributed by atoms with van der Waals surface area (Å²) < 4.78 is 15.1. The van der Waals surface area contributed by atoms with Gasteiger partial charge in [-0.15, -0.1) is 0 Å². The molecule has 0 saturated carbocycles. The maximum atomic E-state index is 12.5. The fourth-order valence-corrected chi connectivity index (χ4v) is 2.24. The standard InChI is InChI=1S/C18H19NO5/c1-11-15(18(21)24-4)6-5-7-16(11)19-17(20)12-8-13(22-2)10-14(9-12)23-3/h5-10H,1-4H3,(H,19,20). The lowest BCUT2D eigenvalue weighted by Gasteiger charge is -2.12. The average molecular weight is 329 g/mol. The third-order valence-electron chi connectivity index (χ3n) is 3.60. The molecule has 24 heavy (non-hydrogen) atoms. The Balaban J connectivity index is 2.32. The highest BCUT2D eigenvalue weighted by Gasteiger charge is 2.15. The molecule has 0 saturated heterocycles. The number of rotatable bonds is 5. The van der Waals surface area contributed by atoms with Crippen molar-refractivity contribution in [1.29, 1.82) is 0 Å². The third kappa shape index (κ3) is 3.65. The fraction of sp³-hybridized carbons (Fsp3) is 0.222. The normalized spacial score (nSPS) is 10.0. The summed E-state index contributed by atoms with van der Waals surface area (Å²) in [5.41, 5.74) is 1.95. The smallest absolute Gasteiger partial charge is 0.338 e. The summed E-state index contributed by atoms with van der Waals surface area (Å²) in [6.07, 6.45) is 0. The molecule has 0 radical (unpaired) electrons. The van der Waals surface area contributed by atoms with Gasteiger partial charge in [0.15, 0.2) is 0 Å². The number of esters is 1. The van der Waals surface area contributed by atoms with Crippen molar-refractivity contribution in [2.75, 3.05) is 26.6 Å². The summed E-state index contributed by atoms with van der Waals surface area (Å²) in [5, 5.41) is 2.79. The van der Waals surface area contributed by atoms with Crippen LogP contribution >= 0.6 is 0 Å². The molecule has 0 aliphatic heterocycles. The largest absolute Gasteiger partial charge is 0.497 e. The first-order valence-corrected chi connectivity index (χ1v) is 7.22. The number of hydrogen-bond donors (Lipinski definition) is 1. The van der Waals surface area contributed by atoms with Gasteiger partial charge in [-0.3, -0.25) is 4.79 Å². The van der Waals surface area contributed by atoms with Gasteiger partial charge in [0.05, 0.1) is 26.9 Å². The van der Waals surface area contributed by atoms with Crippen LogP contribution in [0.15, 0.2) is 36.4 Å². The van der Waals surface area contributed by atoms with Gasteiger partial charge < -0.3 is 19.5 Å². The van der Waals surface area contributed by atoms with Crippen molar-refractivity contribution in [1.82, 2.24) is 0 Å². The quantitative estimate of drug-likeness (QED) is 0.854. The maximum absolute atomic E-state index is 12.5. The van der Waals surface area contributed by atoms with Gasteiger partial charge in [0, 0.05) is 17.3 Å². The average Bonchev–Trinajstić information content (AvgIpc) is 2.62. The summed E-state index contributed by atoms with van der Waals surface area (Å²) in [4.78, 5) is 24.3. The lowest BCUT2D eigenvalue weighted by atomic mass is 10.1. The van der Waals surface area contributed by atoms with E-state index in [-0.39, 0.29) is 5.91 Å². The molecule has 0 bridgehead atoms. The minimum Gasteiger partial charge on any atom is -0.497 e. The van der Waals surface area contributed by atoms with Gasteiger partial charge in [0.1, 0.15) is 11.5 Å². The zero-order valence-corrected chi connectivity index (χ0v) is 14.0. The number of carbonyl (C=O) groups excluding carboxylic acids is 2. The number of amides is 1. The maximum Gasteiger partial charge on any atom is 0.338 e. The minimum atomic E-state index is -0.452. The summed E-state index contributed by atoms with van der Waals surface area (Å²) in [6, 6.07) is 9.94. The Bertz CT molecular complexity index is 748. The Hall–Kier alpha value is -3.02. The Labute approximate surface area is 140 Å². The molecular weight excluding hydrogens is 310 g/mol. The number of methoxy groups -OCH3 is 3. The molecule has 0 aliphatic rings. The Morgan fingerprint density at radius 1 is 0.958 bits per heavy atom. The van der Waals surface area contributed by atoms with Crippen LogP contribution in [-0.4, -0.2) is 33.2 Å². The molecule has 2 rings (SSSR count). The van der Waals surface area contributed by atoms with E-state index in [0.29, 0.717) is 33.9 Å². The van der Waals surface area contributed by atoms with Crippen molar-refractivity contribution in [2.24, 2.45) is 0 Å². The number of ether oxygens (including phenoxy) is 3. The van der Waals surface area contributed by atoms with E-state index in [1.54, 1.807) is 43.3 Å². The second kappa shape index (κ2) is 7.50. The van der Waals surface area contributed by atoms with Crippen molar-refractivity contribution >= 4 is 17.6 Å². The van der Waals surface area contributed by atoms with E-state index in [9.17, 15) is 9.59 Å². The monoisotopic (exact) mass is 329 g/mol. The highest BCUT2D eigenvalue weighted by Crippen LogP contribution is 2.25. The number of hydrogen-bond acceptors (Lipinski definition) is 5. The number of nitrogens with one attached hydrogen (secondary N) is 1. The second-order valence-electron chi connectivity index (χ2n) is 5.03. The topological polar surface area (TPSA) is 73.9 Å². The van der Waals surface area contributed by atoms with Crippen molar-refractivity contribution < 1.29 is 23.8 Å². The van der Waals surface area contributed by atoms with Crippen LogP contribution in [0.3, 0.4) is 0 Å². The van der Waals surface area contributed by atoms with Crippen molar-refractivity contribution in [3.8, 4) is 11.5 Å². The number of benzene rings is 2. The Morgan fingerprint density at radius 2 is 1.58 bits per heavy atom. The first kappa shape index (κ1) is 17.3. The molecule has 2 aromatic carbocycles. The van der Waals surface area contributed by atoms with Gasteiger partial charge in [-0.1, -0.05) is 6.07 Å². The third-order valence-corrected chi connectivity index (χ3v) is 3.60. The molecule has 0 unspecified atom stereocenters. The lowest BCUT2D eigenvalue weighted by Crippen LogP contribution is -2.14. The van der Waals surface area contributed by atoms with Crippen molar-refractivity contribution in [2.45, 2.75) is 6.92 Å². The summed E-state index contributed by atoms with van der Waals surface area (Å²) in [6.45, 7) is 1.74. The van der Waals surface area contributed by atoms with Crippen molar-refractivity contribution in [3.05, 3.63) is 53.1 Å². The van der Waals surface area contributed by atoms with Crippen LogP contribution in [0, 0.1) is 6.92 Å². The molecule has 0 aromatic heterocycles. The molecule has 0 fully saturated rings. The van der Waals surface area contributed by atoms with Crippen LogP contribution in [0.2, 0.25) is 0 Å².